The summed E-state index contributed by atoms with van der Waals surface area (Å²) in [5.74, 6) is 0.213. The van der Waals surface area contributed by atoms with Gasteiger partial charge in [0.25, 0.3) is 5.91 Å². The molecule has 3 aliphatic heterocycles. The molecule has 1 saturated carbocycles. The van der Waals surface area contributed by atoms with E-state index in [2.05, 4.69) is 11.4 Å². The van der Waals surface area contributed by atoms with Crippen molar-refractivity contribution in [2.75, 3.05) is 20.1 Å². The van der Waals surface area contributed by atoms with Gasteiger partial charge in [-0.2, -0.15) is 5.26 Å². The number of piperazine rings is 1. The molecule has 3 heterocycles. The predicted molar refractivity (Wildman–Crippen MR) is 120 cm³/mol. The van der Waals surface area contributed by atoms with Crippen LogP contribution in [0.15, 0.2) is 24.3 Å². The Morgan fingerprint density at radius 1 is 1.24 bits per heavy atom. The standard InChI is InChI=1S/C24H30N6O3/c1-13(14-3-5-15(6-4-14)22(31)27-2)29-18-9-21(24(29)33)28(11-18)12-19(26)23(32)30-17(10-25)7-16-8-20(16)30/h3-6,13,16-21H,7-9,11-12,26H2,1-2H3,(H,27,31)/t13-,16?,17+,18+,19+,20+,21+/m1/s1. The lowest BCUT2D eigenvalue weighted by Gasteiger charge is -2.38. The van der Waals surface area contributed by atoms with Crippen LogP contribution < -0.4 is 11.1 Å². The summed E-state index contributed by atoms with van der Waals surface area (Å²) in [5.41, 5.74) is 7.86. The van der Waals surface area contributed by atoms with Crippen molar-refractivity contribution in [3.05, 3.63) is 35.4 Å². The first-order chi connectivity index (χ1) is 15.8. The fraction of sp³-hybridized carbons (Fsp3) is 0.583. The average molecular weight is 451 g/mol. The molecular weight excluding hydrogens is 420 g/mol. The number of amides is 3. The maximum absolute atomic E-state index is 13.2. The van der Waals surface area contributed by atoms with Gasteiger partial charge in [0.15, 0.2) is 0 Å². The Hall–Kier alpha value is -2.96. The van der Waals surface area contributed by atoms with Gasteiger partial charge in [0.05, 0.1) is 24.2 Å². The van der Waals surface area contributed by atoms with Crippen LogP contribution in [0.25, 0.3) is 0 Å². The maximum Gasteiger partial charge on any atom is 0.251 e. The predicted octanol–water partition coefficient (Wildman–Crippen LogP) is 0.233. The van der Waals surface area contributed by atoms with E-state index in [1.165, 1.54) is 0 Å². The van der Waals surface area contributed by atoms with Crippen molar-refractivity contribution in [3.63, 3.8) is 0 Å². The Balaban J connectivity index is 1.21. The number of benzene rings is 1. The second-order valence-electron chi connectivity index (χ2n) is 9.78. The summed E-state index contributed by atoms with van der Waals surface area (Å²) in [4.78, 5) is 43.7. The maximum atomic E-state index is 13.2. The molecule has 4 fully saturated rings. The summed E-state index contributed by atoms with van der Waals surface area (Å²) in [7, 11) is 1.60. The quantitative estimate of drug-likeness (QED) is 0.640. The van der Waals surface area contributed by atoms with E-state index in [0.29, 0.717) is 24.6 Å². The number of nitrogens with zero attached hydrogens (tertiary/aromatic N) is 4. The minimum absolute atomic E-state index is 0.0621. The molecule has 33 heavy (non-hydrogen) atoms. The number of carbonyl (C=O) groups is 3. The Kier molecular flexibility index (Phi) is 5.38. The van der Waals surface area contributed by atoms with Gasteiger partial charge in [0.2, 0.25) is 11.8 Å². The van der Waals surface area contributed by atoms with Gasteiger partial charge in [-0.15, -0.1) is 0 Å². The smallest absolute Gasteiger partial charge is 0.251 e. The molecule has 5 rings (SSSR count). The molecule has 9 heteroatoms. The van der Waals surface area contributed by atoms with E-state index in [-0.39, 0.29) is 47.9 Å². The molecule has 3 saturated heterocycles. The van der Waals surface area contributed by atoms with Crippen LogP contribution in [0.1, 0.15) is 48.1 Å². The zero-order valence-electron chi connectivity index (χ0n) is 19.0. The third-order valence-electron chi connectivity index (χ3n) is 7.87. The first kappa shape index (κ1) is 21.9. The van der Waals surface area contributed by atoms with Crippen LogP contribution in [0, 0.1) is 17.2 Å². The number of hydrogen-bond acceptors (Lipinski definition) is 6. The average Bonchev–Trinajstić information content (AvgIpc) is 3.15. The molecule has 2 bridgehead atoms. The van der Waals surface area contributed by atoms with Crippen molar-refractivity contribution >= 4 is 17.7 Å². The number of nitrogens with two attached hydrogens (primary N) is 1. The van der Waals surface area contributed by atoms with Crippen molar-refractivity contribution in [2.24, 2.45) is 11.7 Å². The highest BCUT2D eigenvalue weighted by Crippen LogP contribution is 2.48. The highest BCUT2D eigenvalue weighted by Gasteiger charge is 2.56. The van der Waals surface area contributed by atoms with E-state index in [9.17, 15) is 19.6 Å². The highest BCUT2D eigenvalue weighted by molar-refractivity contribution is 5.94. The third-order valence-corrected chi connectivity index (χ3v) is 7.87. The van der Waals surface area contributed by atoms with E-state index in [1.807, 2.05) is 28.9 Å². The van der Waals surface area contributed by atoms with Crippen LogP contribution in [0.3, 0.4) is 0 Å². The number of likely N-dealkylation sites (tertiary alicyclic amines) is 3. The summed E-state index contributed by atoms with van der Waals surface area (Å²) in [6.07, 6.45) is 2.46. The molecule has 7 atom stereocenters. The summed E-state index contributed by atoms with van der Waals surface area (Å²) in [6, 6.07) is 8.38. The SMILES string of the molecule is CNC(=O)c1ccc([C@@H](C)N2C(=O)[C@@H]3C[C@H]2CN3C[C@H](N)C(=O)N2[C@H](C#N)CC3C[C@@H]32)cc1. The Morgan fingerprint density at radius 3 is 2.61 bits per heavy atom. The molecule has 0 radical (unpaired) electrons. The Bertz CT molecular complexity index is 1020. The van der Waals surface area contributed by atoms with Crippen molar-refractivity contribution in [3.8, 4) is 6.07 Å². The minimum Gasteiger partial charge on any atom is -0.355 e. The van der Waals surface area contributed by atoms with E-state index in [1.54, 1.807) is 24.1 Å². The summed E-state index contributed by atoms with van der Waals surface area (Å²) < 4.78 is 0. The summed E-state index contributed by atoms with van der Waals surface area (Å²) in [6.45, 7) is 3.03. The van der Waals surface area contributed by atoms with Gasteiger partial charge < -0.3 is 20.9 Å². The molecular formula is C24H30N6O3. The molecule has 9 nitrogen and oxygen atoms in total. The topological polar surface area (TPSA) is 123 Å². The molecule has 1 aromatic carbocycles. The second-order valence-corrected chi connectivity index (χ2v) is 9.78. The van der Waals surface area contributed by atoms with Gasteiger partial charge in [-0.3, -0.25) is 19.3 Å². The first-order valence-corrected chi connectivity index (χ1v) is 11.7. The monoisotopic (exact) mass is 450 g/mol. The molecule has 3 amide bonds. The van der Waals surface area contributed by atoms with Gasteiger partial charge in [-0.05, 0) is 49.8 Å². The van der Waals surface area contributed by atoms with Crippen LogP contribution in [-0.4, -0.2) is 82.8 Å². The molecule has 174 valence electrons. The number of piperidine rings is 1. The van der Waals surface area contributed by atoms with Gasteiger partial charge in [0, 0.05) is 37.8 Å². The zero-order valence-corrected chi connectivity index (χ0v) is 19.0. The molecule has 0 aromatic heterocycles. The molecule has 1 aromatic rings. The molecule has 1 unspecified atom stereocenters. The molecule has 4 aliphatic rings. The largest absolute Gasteiger partial charge is 0.355 e. The number of nitriles is 1. The van der Waals surface area contributed by atoms with Crippen molar-refractivity contribution in [1.29, 1.82) is 5.26 Å². The second kappa shape index (κ2) is 8.12. The normalized spacial score (nSPS) is 31.8. The van der Waals surface area contributed by atoms with E-state index < -0.39 is 6.04 Å². The summed E-state index contributed by atoms with van der Waals surface area (Å²) >= 11 is 0. The van der Waals surface area contributed by atoms with Crippen LogP contribution >= 0.6 is 0 Å². The van der Waals surface area contributed by atoms with Gasteiger partial charge in [0.1, 0.15) is 6.04 Å². The van der Waals surface area contributed by atoms with Gasteiger partial charge in [-0.25, -0.2) is 0 Å². The Morgan fingerprint density at radius 2 is 1.97 bits per heavy atom. The lowest BCUT2D eigenvalue weighted by Crippen LogP contribution is -2.57. The van der Waals surface area contributed by atoms with Crippen LogP contribution in [0.5, 0.6) is 0 Å². The van der Waals surface area contributed by atoms with E-state index in [0.717, 1.165) is 24.8 Å². The van der Waals surface area contributed by atoms with Crippen LogP contribution in [0.2, 0.25) is 0 Å². The number of nitrogens with one attached hydrogen (secondary N) is 1. The highest BCUT2D eigenvalue weighted by atomic mass is 16.2. The fourth-order valence-corrected chi connectivity index (χ4v) is 6.03. The lowest BCUT2D eigenvalue weighted by molar-refractivity contribution is -0.141. The molecule has 3 N–H and O–H groups in total. The number of rotatable bonds is 6. The summed E-state index contributed by atoms with van der Waals surface area (Å²) in [5, 5.41) is 12.0. The Labute approximate surface area is 193 Å². The van der Waals surface area contributed by atoms with Gasteiger partial charge in [-0.1, -0.05) is 12.1 Å². The molecule has 1 aliphatic carbocycles. The van der Waals surface area contributed by atoms with Crippen molar-refractivity contribution < 1.29 is 14.4 Å². The van der Waals surface area contributed by atoms with E-state index >= 15 is 0 Å². The fourth-order valence-electron chi connectivity index (χ4n) is 6.03. The number of hydrogen-bond donors (Lipinski definition) is 2. The van der Waals surface area contributed by atoms with Crippen LogP contribution in [0.4, 0.5) is 0 Å². The van der Waals surface area contributed by atoms with Gasteiger partial charge >= 0.3 is 0 Å². The minimum atomic E-state index is -0.726. The van der Waals surface area contributed by atoms with E-state index in [4.69, 9.17) is 5.73 Å². The third kappa shape index (κ3) is 3.58. The number of fused-ring (bicyclic) bond motifs is 3. The first-order valence-electron chi connectivity index (χ1n) is 11.7. The van der Waals surface area contributed by atoms with Crippen molar-refractivity contribution in [2.45, 2.75) is 62.4 Å². The number of carbonyl (C=O) groups excluding carboxylic acids is 3. The molecule has 0 spiro atoms. The lowest BCUT2D eigenvalue weighted by atomic mass is 10.0. The van der Waals surface area contributed by atoms with Crippen LogP contribution in [-0.2, 0) is 9.59 Å². The van der Waals surface area contributed by atoms with Crippen molar-refractivity contribution in [1.82, 2.24) is 20.0 Å². The zero-order chi connectivity index (χ0) is 23.4.